The average Bonchev–Trinajstić information content (AvgIpc) is 3.88. The van der Waals surface area contributed by atoms with Crippen LogP contribution >= 0.6 is 0 Å². The Labute approximate surface area is 376 Å². The summed E-state index contributed by atoms with van der Waals surface area (Å²) in [5.74, 6) is 2.07. The Balaban J connectivity index is 0.982. The van der Waals surface area contributed by atoms with Gasteiger partial charge >= 0.3 is 0 Å². The molecule has 8 aromatic carbocycles. The van der Waals surface area contributed by atoms with E-state index in [2.05, 4.69) is 170 Å². The maximum absolute atomic E-state index is 2.41. The molecule has 0 bridgehead atoms. The lowest BCUT2D eigenvalue weighted by atomic mass is 9.54. The van der Waals surface area contributed by atoms with Crippen molar-refractivity contribution >= 4 is 32.7 Å². The molecule has 7 aliphatic carbocycles. The van der Waals surface area contributed by atoms with Crippen LogP contribution in [0.15, 0.2) is 203 Å². The summed E-state index contributed by atoms with van der Waals surface area (Å²) in [6, 6.07) is 64.3. The van der Waals surface area contributed by atoms with Crippen LogP contribution in [-0.2, 0) is 0 Å². The molecule has 8 aromatic rings. The molecule has 0 heteroatoms. The molecule has 64 heavy (non-hydrogen) atoms. The van der Waals surface area contributed by atoms with Gasteiger partial charge in [-0.15, -0.1) is 0 Å². The number of fused-ring (bicyclic) bond motifs is 10. The first-order valence-corrected chi connectivity index (χ1v) is 24.2. The minimum atomic E-state index is 0.440. The molecular formula is C64H48. The van der Waals surface area contributed by atoms with Gasteiger partial charge in [0.25, 0.3) is 0 Å². The molecule has 0 aliphatic heterocycles. The minimum absolute atomic E-state index is 0.440. The molecule has 0 nitrogen and oxygen atoms in total. The van der Waals surface area contributed by atoms with Crippen molar-refractivity contribution in [1.29, 1.82) is 0 Å². The summed E-state index contributed by atoms with van der Waals surface area (Å²) in [7, 11) is 0. The highest BCUT2D eigenvalue weighted by Gasteiger charge is 2.54. The van der Waals surface area contributed by atoms with E-state index in [0.29, 0.717) is 23.7 Å². The molecule has 15 rings (SSSR count). The van der Waals surface area contributed by atoms with Gasteiger partial charge in [0.1, 0.15) is 0 Å². The van der Waals surface area contributed by atoms with E-state index in [9.17, 15) is 0 Å². The Morgan fingerprint density at radius 3 is 1.08 bits per heavy atom. The molecule has 0 heterocycles. The second kappa shape index (κ2) is 13.4. The van der Waals surface area contributed by atoms with Gasteiger partial charge in [0.05, 0.1) is 0 Å². The zero-order chi connectivity index (χ0) is 41.6. The third-order valence-corrected chi connectivity index (χ3v) is 17.0. The Morgan fingerprint density at radius 1 is 0.250 bits per heavy atom. The van der Waals surface area contributed by atoms with Crippen molar-refractivity contribution in [2.24, 2.45) is 11.8 Å². The summed E-state index contributed by atoms with van der Waals surface area (Å²) < 4.78 is 0. The maximum atomic E-state index is 2.41. The molecule has 1 fully saturated rings. The van der Waals surface area contributed by atoms with Crippen LogP contribution in [0.1, 0.15) is 85.5 Å². The first kappa shape index (κ1) is 35.7. The molecule has 4 atom stereocenters. The number of hydrogen-bond donors (Lipinski definition) is 0. The first-order valence-electron chi connectivity index (χ1n) is 24.2. The zero-order valence-corrected chi connectivity index (χ0v) is 36.1. The molecule has 0 radical (unpaired) electrons. The van der Waals surface area contributed by atoms with Gasteiger partial charge in [-0.1, -0.05) is 170 Å². The number of hydrogen-bond acceptors (Lipinski definition) is 0. The van der Waals surface area contributed by atoms with Crippen molar-refractivity contribution in [3.8, 4) is 44.5 Å². The molecule has 0 saturated heterocycles. The van der Waals surface area contributed by atoms with Gasteiger partial charge in [-0.25, -0.2) is 0 Å². The van der Waals surface area contributed by atoms with Crippen LogP contribution < -0.4 is 0 Å². The van der Waals surface area contributed by atoms with E-state index in [0.717, 1.165) is 6.42 Å². The molecule has 0 N–H and O–H groups in total. The van der Waals surface area contributed by atoms with Crippen LogP contribution in [-0.4, -0.2) is 0 Å². The Hall–Kier alpha value is -6.76. The van der Waals surface area contributed by atoms with Crippen molar-refractivity contribution in [3.05, 3.63) is 226 Å². The predicted octanol–water partition coefficient (Wildman–Crippen LogP) is 17.1. The van der Waals surface area contributed by atoms with Gasteiger partial charge in [0, 0.05) is 11.8 Å². The summed E-state index contributed by atoms with van der Waals surface area (Å²) >= 11 is 0. The average molecular weight is 817 g/mol. The summed E-state index contributed by atoms with van der Waals surface area (Å²) in [5.41, 5.74) is 31.7. The number of benzene rings is 8. The molecule has 0 aromatic heterocycles. The van der Waals surface area contributed by atoms with E-state index >= 15 is 0 Å². The van der Waals surface area contributed by atoms with Gasteiger partial charge in [-0.2, -0.15) is 0 Å². The number of allylic oxidation sites excluding steroid dienone is 8. The standard InChI is InChI=1S/C64H48/c1-5-17-37(18-6-1)53-41-25-13-14-26-42(41)54(38-19-7-2-8-20-38)62-50-34-30-46-48-32-36-52-60-51(35-31-47(58(48)60)45-29-33-49(61(53)62)59(50)57(45)46)63-55(39-21-9-3-10-22-39)43-27-15-16-28-44(43)56(64(52)63)40-23-11-4-12-24-40/h1-28,45,47,49,52H,29-36H2. The lowest BCUT2D eigenvalue weighted by Crippen LogP contribution is -2.36. The quantitative estimate of drug-likeness (QED) is 0.166. The topological polar surface area (TPSA) is 0 Å². The third-order valence-electron chi connectivity index (χ3n) is 17.0. The Morgan fingerprint density at radius 2 is 0.594 bits per heavy atom. The fourth-order valence-corrected chi connectivity index (χ4v) is 15.0. The highest BCUT2D eigenvalue weighted by Crippen LogP contribution is 2.71. The lowest BCUT2D eigenvalue weighted by Gasteiger charge is -2.50. The van der Waals surface area contributed by atoms with Crippen LogP contribution in [0.5, 0.6) is 0 Å². The summed E-state index contributed by atoms with van der Waals surface area (Å²) in [6.45, 7) is 0. The van der Waals surface area contributed by atoms with Gasteiger partial charge in [-0.3, -0.25) is 0 Å². The van der Waals surface area contributed by atoms with Crippen molar-refractivity contribution in [2.45, 2.75) is 63.2 Å². The second-order valence-corrected chi connectivity index (χ2v) is 19.7. The highest BCUT2D eigenvalue weighted by molar-refractivity contribution is 6.15. The Kier molecular flexibility index (Phi) is 7.46. The van der Waals surface area contributed by atoms with Crippen LogP contribution in [0.4, 0.5) is 0 Å². The van der Waals surface area contributed by atoms with Crippen molar-refractivity contribution in [1.82, 2.24) is 0 Å². The first-order chi connectivity index (χ1) is 31.8. The molecule has 304 valence electrons. The zero-order valence-electron chi connectivity index (χ0n) is 36.1. The third kappa shape index (κ3) is 4.64. The fourth-order valence-electron chi connectivity index (χ4n) is 15.0. The monoisotopic (exact) mass is 816 g/mol. The molecule has 1 saturated carbocycles. The summed E-state index contributed by atoms with van der Waals surface area (Å²) in [4.78, 5) is 0. The van der Waals surface area contributed by atoms with E-state index in [1.807, 2.05) is 0 Å². The van der Waals surface area contributed by atoms with E-state index in [1.165, 1.54) is 111 Å². The minimum Gasteiger partial charge on any atom is -0.0622 e. The van der Waals surface area contributed by atoms with Crippen molar-refractivity contribution < 1.29 is 0 Å². The van der Waals surface area contributed by atoms with Gasteiger partial charge < -0.3 is 0 Å². The van der Waals surface area contributed by atoms with E-state index in [-0.39, 0.29) is 0 Å². The smallest absolute Gasteiger partial charge is 0.0111 e. The van der Waals surface area contributed by atoms with Gasteiger partial charge in [0.2, 0.25) is 0 Å². The van der Waals surface area contributed by atoms with Crippen LogP contribution in [0, 0.1) is 11.8 Å². The molecule has 4 unspecified atom stereocenters. The van der Waals surface area contributed by atoms with E-state index in [1.54, 1.807) is 66.8 Å². The predicted molar refractivity (Wildman–Crippen MR) is 267 cm³/mol. The molecule has 0 spiro atoms. The van der Waals surface area contributed by atoms with Crippen LogP contribution in [0.3, 0.4) is 0 Å². The summed E-state index contributed by atoms with van der Waals surface area (Å²) in [5, 5.41) is 5.59. The lowest BCUT2D eigenvalue weighted by molar-refractivity contribution is 0.329. The SMILES string of the molecule is c1ccc(-c2c3c(c(-c4ccccc4)c4ccccc24)C2CCC4=C5C2=C3CCC5C2CCC3C5=C(CCC4=C52)c2c3c(-c3ccccc3)c3ccccc3c2-c2ccccc2)cc1. The normalized spacial score (nSPS) is 22.2. The van der Waals surface area contributed by atoms with E-state index in [4.69, 9.17) is 0 Å². The summed E-state index contributed by atoms with van der Waals surface area (Å²) in [6.07, 6.45) is 9.61. The highest BCUT2D eigenvalue weighted by atomic mass is 14.6. The van der Waals surface area contributed by atoms with Gasteiger partial charge in [0.15, 0.2) is 0 Å². The molecule has 7 aliphatic rings. The molecular weight excluding hydrogens is 769 g/mol. The van der Waals surface area contributed by atoms with Gasteiger partial charge in [-0.05, 0) is 196 Å². The van der Waals surface area contributed by atoms with Crippen molar-refractivity contribution in [2.75, 3.05) is 0 Å². The van der Waals surface area contributed by atoms with E-state index < -0.39 is 0 Å². The maximum Gasteiger partial charge on any atom is 0.0111 e. The fraction of sp³-hybridized carbons (Fsp3) is 0.188. The van der Waals surface area contributed by atoms with Crippen LogP contribution in [0.2, 0.25) is 0 Å². The second-order valence-electron chi connectivity index (χ2n) is 19.7. The largest absolute Gasteiger partial charge is 0.0622 e. The number of rotatable bonds is 4. The van der Waals surface area contributed by atoms with Crippen molar-refractivity contribution in [3.63, 3.8) is 0 Å². The Bertz CT molecular complexity index is 3300. The molecule has 0 amide bonds. The van der Waals surface area contributed by atoms with Crippen LogP contribution in [0.25, 0.3) is 77.2 Å².